The maximum absolute atomic E-state index is 12.5. The van der Waals surface area contributed by atoms with Gasteiger partial charge in [-0.25, -0.2) is 8.42 Å². The first-order valence-corrected chi connectivity index (χ1v) is 7.10. The van der Waals surface area contributed by atoms with Crippen LogP contribution in [0.5, 0.6) is 0 Å². The van der Waals surface area contributed by atoms with Crippen molar-refractivity contribution in [2.45, 2.75) is 32.1 Å². The van der Waals surface area contributed by atoms with Crippen molar-refractivity contribution in [3.63, 3.8) is 0 Å². The minimum atomic E-state index is -3.32. The van der Waals surface area contributed by atoms with E-state index in [4.69, 9.17) is 0 Å². The third-order valence-corrected chi connectivity index (χ3v) is 5.13. The number of sulfone groups is 1. The summed E-state index contributed by atoms with van der Waals surface area (Å²) in [5.41, 5.74) is 2.75. The Morgan fingerprint density at radius 1 is 1.06 bits per heavy atom. The molecule has 0 atom stereocenters. The molecule has 1 aromatic carbocycles. The minimum Gasteiger partial charge on any atom is -0.219 e. The summed E-state index contributed by atoms with van der Waals surface area (Å²) in [5, 5.41) is 0. The summed E-state index contributed by atoms with van der Waals surface area (Å²) in [5.74, 6) is 0. The van der Waals surface area contributed by atoms with Crippen molar-refractivity contribution in [2.24, 2.45) is 0 Å². The highest BCUT2D eigenvalue weighted by atomic mass is 32.2. The van der Waals surface area contributed by atoms with Crippen molar-refractivity contribution in [3.05, 3.63) is 52.0 Å². The largest absolute Gasteiger partial charge is 0.219 e. The average molecular weight is 248 g/mol. The normalized spacial score (nSPS) is 15.1. The zero-order valence-corrected chi connectivity index (χ0v) is 11.1. The van der Waals surface area contributed by atoms with Crippen LogP contribution in [0.1, 0.15) is 23.1 Å². The molecule has 0 N–H and O–H groups in total. The molecular weight excluding hydrogens is 232 g/mol. The lowest BCUT2D eigenvalue weighted by atomic mass is 10.1. The van der Waals surface area contributed by atoms with Crippen molar-refractivity contribution < 1.29 is 8.42 Å². The summed E-state index contributed by atoms with van der Waals surface area (Å²) in [6.45, 7) is 5.69. The Morgan fingerprint density at radius 2 is 1.65 bits per heavy atom. The number of allylic oxidation sites excluding steroid dienone is 4. The number of hydrogen-bond acceptors (Lipinski definition) is 2. The first-order valence-electron chi connectivity index (χ1n) is 5.61. The van der Waals surface area contributed by atoms with Gasteiger partial charge in [-0.05, 0) is 38.0 Å². The second kappa shape index (κ2) is 4.15. The van der Waals surface area contributed by atoms with E-state index in [-0.39, 0.29) is 0 Å². The van der Waals surface area contributed by atoms with Gasteiger partial charge in [-0.3, -0.25) is 0 Å². The molecule has 3 heteroatoms. The van der Waals surface area contributed by atoms with Crippen LogP contribution in [0.4, 0.5) is 0 Å². The summed E-state index contributed by atoms with van der Waals surface area (Å²) < 4.78 is 25.0. The highest BCUT2D eigenvalue weighted by Crippen LogP contribution is 2.30. The van der Waals surface area contributed by atoms with Crippen LogP contribution < -0.4 is 0 Å². The van der Waals surface area contributed by atoms with Gasteiger partial charge in [0.2, 0.25) is 9.84 Å². The van der Waals surface area contributed by atoms with E-state index in [0.29, 0.717) is 16.2 Å². The molecule has 0 aromatic heterocycles. The van der Waals surface area contributed by atoms with Crippen LogP contribution in [-0.4, -0.2) is 8.42 Å². The van der Waals surface area contributed by atoms with Crippen LogP contribution in [0, 0.1) is 20.8 Å². The molecule has 0 radical (unpaired) electrons. The van der Waals surface area contributed by atoms with Crippen molar-refractivity contribution in [1.29, 1.82) is 0 Å². The predicted octanol–water partition coefficient (Wildman–Crippen LogP) is 3.23. The van der Waals surface area contributed by atoms with E-state index in [1.54, 1.807) is 12.2 Å². The molecular formula is C14H16O2S. The Labute approximate surface area is 103 Å². The Kier molecular flexibility index (Phi) is 2.96. The maximum Gasteiger partial charge on any atom is 0.203 e. The number of benzene rings is 1. The third-order valence-electron chi connectivity index (χ3n) is 2.96. The topological polar surface area (TPSA) is 34.1 Å². The quantitative estimate of drug-likeness (QED) is 0.805. The van der Waals surface area contributed by atoms with E-state index < -0.39 is 9.84 Å². The van der Waals surface area contributed by atoms with E-state index >= 15 is 0 Å². The van der Waals surface area contributed by atoms with Gasteiger partial charge in [-0.1, -0.05) is 29.8 Å². The smallest absolute Gasteiger partial charge is 0.203 e. The molecule has 1 aliphatic rings. The molecule has 0 unspecified atom stereocenters. The first kappa shape index (κ1) is 12.1. The fourth-order valence-corrected chi connectivity index (χ4v) is 4.15. The number of aryl methyl sites for hydroxylation is 3. The minimum absolute atomic E-state index is 0.470. The molecule has 0 amide bonds. The number of rotatable bonds is 2. The molecule has 0 heterocycles. The fraction of sp³-hybridized carbons (Fsp3) is 0.286. The molecule has 0 saturated heterocycles. The van der Waals surface area contributed by atoms with E-state index in [0.717, 1.165) is 16.7 Å². The molecule has 1 aliphatic carbocycles. The molecule has 0 bridgehead atoms. The molecule has 0 fully saturated rings. The standard InChI is InChI=1S/C14H16O2S/c1-10-8-11(2)14(12(3)9-10)17(15,16)13-6-4-5-7-13/h4-6,8-9H,7H2,1-3H3. The Morgan fingerprint density at radius 3 is 2.12 bits per heavy atom. The van der Waals surface area contributed by atoms with Gasteiger partial charge < -0.3 is 0 Å². The van der Waals surface area contributed by atoms with E-state index in [1.165, 1.54) is 0 Å². The lowest BCUT2D eigenvalue weighted by Gasteiger charge is -2.12. The molecule has 0 saturated carbocycles. The van der Waals surface area contributed by atoms with Crippen LogP contribution in [0.3, 0.4) is 0 Å². The molecule has 90 valence electrons. The lowest BCUT2D eigenvalue weighted by Crippen LogP contribution is -2.08. The average Bonchev–Trinajstić information content (AvgIpc) is 2.67. The molecule has 1 aromatic rings. The lowest BCUT2D eigenvalue weighted by molar-refractivity contribution is 0.600. The molecule has 2 nitrogen and oxygen atoms in total. The van der Waals surface area contributed by atoms with Crippen LogP contribution >= 0.6 is 0 Å². The molecule has 2 rings (SSSR count). The van der Waals surface area contributed by atoms with Crippen LogP contribution in [0.2, 0.25) is 0 Å². The zero-order chi connectivity index (χ0) is 12.6. The zero-order valence-electron chi connectivity index (χ0n) is 10.3. The van der Waals surface area contributed by atoms with Crippen LogP contribution in [-0.2, 0) is 9.84 Å². The van der Waals surface area contributed by atoms with Crippen LogP contribution in [0.15, 0.2) is 40.2 Å². The highest BCUT2D eigenvalue weighted by molar-refractivity contribution is 7.95. The van der Waals surface area contributed by atoms with Crippen molar-refractivity contribution in [3.8, 4) is 0 Å². The molecule has 0 spiro atoms. The van der Waals surface area contributed by atoms with Gasteiger partial charge in [-0.15, -0.1) is 0 Å². The summed E-state index contributed by atoms with van der Waals surface area (Å²) in [4.78, 5) is 0.964. The van der Waals surface area contributed by atoms with Gasteiger partial charge in [0.15, 0.2) is 0 Å². The highest BCUT2D eigenvalue weighted by Gasteiger charge is 2.24. The van der Waals surface area contributed by atoms with Crippen molar-refractivity contribution in [1.82, 2.24) is 0 Å². The van der Waals surface area contributed by atoms with Gasteiger partial charge in [0.1, 0.15) is 0 Å². The van der Waals surface area contributed by atoms with Gasteiger partial charge >= 0.3 is 0 Å². The summed E-state index contributed by atoms with van der Waals surface area (Å²) in [6, 6.07) is 3.84. The fourth-order valence-electron chi connectivity index (χ4n) is 2.35. The Balaban J connectivity index is 2.62. The third kappa shape index (κ3) is 2.07. The Bertz CT molecular complexity index is 597. The Hall–Kier alpha value is -1.35. The second-order valence-corrected chi connectivity index (χ2v) is 6.44. The van der Waals surface area contributed by atoms with Gasteiger partial charge in [0.25, 0.3) is 0 Å². The molecule has 17 heavy (non-hydrogen) atoms. The van der Waals surface area contributed by atoms with Crippen molar-refractivity contribution >= 4 is 9.84 Å². The van der Waals surface area contributed by atoms with Crippen LogP contribution in [0.25, 0.3) is 0 Å². The summed E-state index contributed by atoms with van der Waals surface area (Å²) in [6.07, 6.45) is 5.86. The van der Waals surface area contributed by atoms with Gasteiger partial charge in [-0.2, -0.15) is 0 Å². The monoisotopic (exact) mass is 248 g/mol. The van der Waals surface area contributed by atoms with Gasteiger partial charge in [0.05, 0.1) is 9.80 Å². The van der Waals surface area contributed by atoms with E-state index in [9.17, 15) is 8.42 Å². The second-order valence-electron chi connectivity index (χ2n) is 4.50. The summed E-state index contributed by atoms with van der Waals surface area (Å²) in [7, 11) is -3.32. The molecule has 0 aliphatic heterocycles. The van der Waals surface area contributed by atoms with Gasteiger partial charge in [0, 0.05) is 6.42 Å². The maximum atomic E-state index is 12.5. The predicted molar refractivity (Wildman–Crippen MR) is 69.7 cm³/mol. The SMILES string of the molecule is Cc1cc(C)c(S(=O)(=O)C2=CC=CC2)c(C)c1. The van der Waals surface area contributed by atoms with Crippen molar-refractivity contribution in [2.75, 3.05) is 0 Å². The van der Waals surface area contributed by atoms with E-state index in [2.05, 4.69) is 0 Å². The summed E-state index contributed by atoms with van der Waals surface area (Å²) >= 11 is 0. The number of hydrogen-bond donors (Lipinski definition) is 0. The van der Waals surface area contributed by atoms with E-state index in [1.807, 2.05) is 39.0 Å². The first-order chi connectivity index (χ1) is 7.93.